The number of carbonyl (C=O) groups excluding carboxylic acids is 1. The fraction of sp³-hybridized carbons (Fsp3) is 0.710. The third-order valence-electron chi connectivity index (χ3n) is 10.5. The molecule has 210 valence electrons. The van der Waals surface area contributed by atoms with Gasteiger partial charge in [0.15, 0.2) is 0 Å². The van der Waals surface area contributed by atoms with Crippen LogP contribution in [0.2, 0.25) is 0 Å². The maximum absolute atomic E-state index is 12.8. The Hall–Kier alpha value is -1.70. The molecule has 0 amide bonds. The smallest absolute Gasteiger partial charge is 0.302 e. The van der Waals surface area contributed by atoms with Crippen molar-refractivity contribution < 1.29 is 26.9 Å². The number of esters is 1. The highest BCUT2D eigenvalue weighted by Gasteiger charge is 2.65. The first-order valence-electron chi connectivity index (χ1n) is 14.4. The molecular formula is C31H44O6S. The molecule has 7 heteroatoms. The molecule has 0 heterocycles. The first-order valence-corrected chi connectivity index (χ1v) is 15.8. The molecule has 38 heavy (non-hydrogen) atoms. The molecule has 0 aromatic heterocycles. The first-order chi connectivity index (χ1) is 18.0. The van der Waals surface area contributed by atoms with Crippen LogP contribution in [0.25, 0.3) is 0 Å². The summed E-state index contributed by atoms with van der Waals surface area (Å²) in [6.07, 6.45) is 11.2. The number of rotatable bonds is 9. The van der Waals surface area contributed by atoms with Gasteiger partial charge in [-0.2, -0.15) is 8.42 Å². The minimum absolute atomic E-state index is 0.0202. The Bertz CT molecular complexity index is 1170. The summed E-state index contributed by atoms with van der Waals surface area (Å²) in [6.45, 7) is 8.22. The highest BCUT2D eigenvalue weighted by Crippen LogP contribution is 2.67. The molecule has 0 saturated heterocycles. The lowest BCUT2D eigenvalue weighted by Crippen LogP contribution is -2.38. The van der Waals surface area contributed by atoms with Gasteiger partial charge in [-0.3, -0.25) is 8.98 Å². The number of aryl methyl sites for hydroxylation is 1. The Morgan fingerprint density at radius 3 is 2.61 bits per heavy atom. The van der Waals surface area contributed by atoms with E-state index in [-0.39, 0.29) is 46.4 Å². The number of fused-ring (bicyclic) bond motifs is 2. The van der Waals surface area contributed by atoms with Gasteiger partial charge in [-0.05, 0) is 99.5 Å². The normalized spacial score (nSPS) is 36.9. The molecule has 4 aliphatic rings. The van der Waals surface area contributed by atoms with Crippen LogP contribution in [-0.4, -0.2) is 40.3 Å². The molecular weight excluding hydrogens is 500 g/mol. The molecule has 0 radical (unpaired) electrons. The van der Waals surface area contributed by atoms with Crippen LogP contribution < -0.4 is 0 Å². The molecule has 6 nitrogen and oxygen atoms in total. The number of ether oxygens (including phenoxy) is 2. The maximum atomic E-state index is 12.8. The average Bonchev–Trinajstić information content (AvgIpc) is 3.23. The fourth-order valence-corrected chi connectivity index (χ4v) is 9.54. The van der Waals surface area contributed by atoms with Gasteiger partial charge < -0.3 is 9.47 Å². The summed E-state index contributed by atoms with van der Waals surface area (Å²) in [5.74, 6) is 1.44. The second kappa shape index (κ2) is 10.4. The van der Waals surface area contributed by atoms with E-state index in [0.717, 1.165) is 56.9 Å². The van der Waals surface area contributed by atoms with E-state index in [0.29, 0.717) is 17.8 Å². The maximum Gasteiger partial charge on any atom is 0.302 e. The summed E-state index contributed by atoms with van der Waals surface area (Å²) in [5, 5.41) is 0. The van der Waals surface area contributed by atoms with E-state index in [1.54, 1.807) is 24.3 Å². The van der Waals surface area contributed by atoms with Gasteiger partial charge >= 0.3 is 5.97 Å². The number of carbonyl (C=O) groups is 1. The van der Waals surface area contributed by atoms with Crippen molar-refractivity contribution in [1.29, 1.82) is 0 Å². The molecule has 4 fully saturated rings. The highest BCUT2D eigenvalue weighted by atomic mass is 32.2. The topological polar surface area (TPSA) is 78.9 Å². The summed E-state index contributed by atoms with van der Waals surface area (Å²) < 4.78 is 42.9. The predicted octanol–water partition coefficient (Wildman–Crippen LogP) is 6.23. The summed E-state index contributed by atoms with van der Waals surface area (Å²) >= 11 is 0. The van der Waals surface area contributed by atoms with Crippen molar-refractivity contribution in [1.82, 2.24) is 0 Å². The van der Waals surface area contributed by atoms with Crippen molar-refractivity contribution >= 4 is 16.1 Å². The lowest BCUT2D eigenvalue weighted by molar-refractivity contribution is -0.146. The zero-order chi connectivity index (χ0) is 27.3. The van der Waals surface area contributed by atoms with Crippen LogP contribution in [0, 0.1) is 41.4 Å². The summed E-state index contributed by atoms with van der Waals surface area (Å²) in [7, 11) is -1.95. The largest absolute Gasteiger partial charge is 0.463 e. The van der Waals surface area contributed by atoms with Gasteiger partial charge in [-0.25, -0.2) is 0 Å². The van der Waals surface area contributed by atoms with E-state index in [4.69, 9.17) is 13.7 Å². The predicted molar refractivity (Wildman–Crippen MR) is 146 cm³/mol. The minimum Gasteiger partial charge on any atom is -0.463 e. The number of hydrogen-bond acceptors (Lipinski definition) is 6. The van der Waals surface area contributed by atoms with Crippen molar-refractivity contribution in [2.24, 2.45) is 34.5 Å². The van der Waals surface area contributed by atoms with E-state index >= 15 is 0 Å². The van der Waals surface area contributed by atoms with Crippen LogP contribution in [0.3, 0.4) is 0 Å². The number of hydrogen-bond donors (Lipinski definition) is 0. The first kappa shape index (κ1) is 27.9. The van der Waals surface area contributed by atoms with E-state index in [9.17, 15) is 13.2 Å². The van der Waals surface area contributed by atoms with Gasteiger partial charge in [0, 0.05) is 19.4 Å². The number of benzene rings is 1. The van der Waals surface area contributed by atoms with Crippen LogP contribution in [0.4, 0.5) is 0 Å². The van der Waals surface area contributed by atoms with Gasteiger partial charge in [0.05, 0.1) is 17.6 Å². The molecule has 4 aliphatic carbocycles. The van der Waals surface area contributed by atoms with Crippen molar-refractivity contribution in [3.8, 4) is 0 Å². The Morgan fingerprint density at radius 2 is 1.92 bits per heavy atom. The van der Waals surface area contributed by atoms with Crippen LogP contribution in [0.15, 0.2) is 40.8 Å². The highest BCUT2D eigenvalue weighted by molar-refractivity contribution is 7.86. The van der Waals surface area contributed by atoms with Crippen molar-refractivity contribution in [2.45, 2.75) is 96.2 Å². The monoisotopic (exact) mass is 544 g/mol. The summed E-state index contributed by atoms with van der Waals surface area (Å²) in [6, 6.07) is 6.85. The zero-order valence-electron chi connectivity index (χ0n) is 23.6. The minimum atomic E-state index is -3.76. The second-order valence-electron chi connectivity index (χ2n) is 12.8. The Kier molecular flexibility index (Phi) is 7.60. The molecule has 0 aliphatic heterocycles. The number of methoxy groups -OCH3 is 1. The third-order valence-corrected chi connectivity index (χ3v) is 11.8. The van der Waals surface area contributed by atoms with Gasteiger partial charge in [-0.1, -0.05) is 43.2 Å². The molecule has 1 aromatic rings. The van der Waals surface area contributed by atoms with Gasteiger partial charge in [0.2, 0.25) is 0 Å². The van der Waals surface area contributed by atoms with E-state index in [2.05, 4.69) is 19.9 Å². The quantitative estimate of drug-likeness (QED) is 0.208. The lowest BCUT2D eigenvalue weighted by atomic mass is 9.61. The van der Waals surface area contributed by atoms with Crippen molar-refractivity contribution in [2.75, 3.05) is 13.7 Å². The van der Waals surface area contributed by atoms with Crippen LogP contribution in [0.5, 0.6) is 0 Å². The summed E-state index contributed by atoms with van der Waals surface area (Å²) in [4.78, 5) is 11.7. The van der Waals surface area contributed by atoms with Crippen molar-refractivity contribution in [3.63, 3.8) is 0 Å². The van der Waals surface area contributed by atoms with Crippen LogP contribution in [0.1, 0.15) is 77.7 Å². The molecule has 5 unspecified atom stereocenters. The molecule has 8 atom stereocenters. The van der Waals surface area contributed by atoms with Gasteiger partial charge in [0.25, 0.3) is 10.1 Å². The fourth-order valence-electron chi connectivity index (χ4n) is 8.54. The third kappa shape index (κ3) is 5.11. The standard InChI is InChI=1S/C31H44O6S/c1-20-8-10-26(11-9-20)38(33,34)36-19-21(2)27-12-13-28-23(7-6-14-30(27,28)4)15-29(35-5)31-17-24(31)16-25(18-31)37-22(3)32/h8-11,15,21,24-25,27-29H,6-7,12-14,16-19H2,1-5H3/t21-,24?,25+,27?,28?,29?,30-,31?/m1/s1. The molecule has 0 N–H and O–H groups in total. The summed E-state index contributed by atoms with van der Waals surface area (Å²) in [5.41, 5.74) is 2.78. The SMILES string of the molecule is COC(C=C1CCC[C@@]2(C)C1CCC2[C@H](C)COS(=O)(=O)c1ccc(C)cc1)C12CC1C[C@H](OC(C)=O)C2. The van der Waals surface area contributed by atoms with Gasteiger partial charge in [0.1, 0.15) is 6.10 Å². The molecule has 5 rings (SSSR count). The second-order valence-corrected chi connectivity index (χ2v) is 14.4. The van der Waals surface area contributed by atoms with Crippen LogP contribution >= 0.6 is 0 Å². The Balaban J connectivity index is 1.27. The van der Waals surface area contributed by atoms with Crippen LogP contribution in [-0.2, 0) is 28.6 Å². The molecule has 1 aromatic carbocycles. The molecule has 0 bridgehead atoms. The van der Waals surface area contributed by atoms with E-state index in [1.165, 1.54) is 12.5 Å². The Labute approximate surface area is 228 Å². The van der Waals surface area contributed by atoms with Gasteiger partial charge in [-0.15, -0.1) is 0 Å². The zero-order valence-corrected chi connectivity index (χ0v) is 24.4. The lowest BCUT2D eigenvalue weighted by Gasteiger charge is -2.44. The number of allylic oxidation sites excluding steroid dienone is 1. The average molecular weight is 545 g/mol. The molecule has 4 saturated carbocycles. The Morgan fingerprint density at radius 1 is 1.18 bits per heavy atom. The van der Waals surface area contributed by atoms with E-state index < -0.39 is 10.1 Å². The van der Waals surface area contributed by atoms with E-state index in [1.807, 2.05) is 14.0 Å². The van der Waals surface area contributed by atoms with Crippen molar-refractivity contribution in [3.05, 3.63) is 41.5 Å². The molecule has 0 spiro atoms.